The van der Waals surface area contributed by atoms with Crippen LogP contribution in [0.4, 0.5) is 0 Å². The molecule has 0 spiro atoms. The van der Waals surface area contributed by atoms with Crippen molar-refractivity contribution >= 4 is 10.9 Å². The highest BCUT2D eigenvalue weighted by atomic mass is 14.9. The molecular weight excluding hydrogens is 244 g/mol. The summed E-state index contributed by atoms with van der Waals surface area (Å²) in [6, 6.07) is 8.67. The van der Waals surface area contributed by atoms with E-state index in [0.717, 1.165) is 13.1 Å². The van der Waals surface area contributed by atoms with Gasteiger partial charge in [-0.05, 0) is 29.9 Å². The van der Waals surface area contributed by atoms with Crippen LogP contribution < -0.4 is 5.32 Å². The maximum atomic E-state index is 3.70. The van der Waals surface area contributed by atoms with E-state index in [1.807, 2.05) is 0 Å². The summed E-state index contributed by atoms with van der Waals surface area (Å²) in [5, 5.41) is 5.09. The third-order valence-electron chi connectivity index (χ3n) is 4.91. The lowest BCUT2D eigenvalue weighted by molar-refractivity contribution is 0.207. The average molecular weight is 270 g/mol. The molecule has 108 valence electrons. The number of benzene rings is 1. The highest BCUT2D eigenvalue weighted by Gasteiger charge is 2.26. The van der Waals surface area contributed by atoms with Gasteiger partial charge in [0.25, 0.3) is 0 Å². The molecule has 0 unspecified atom stereocenters. The highest BCUT2D eigenvalue weighted by Crippen LogP contribution is 2.35. The summed E-state index contributed by atoms with van der Waals surface area (Å²) in [7, 11) is 2.13. The second-order valence-electron chi connectivity index (χ2n) is 6.76. The Morgan fingerprint density at radius 2 is 1.90 bits per heavy atom. The number of aromatic nitrogens is 1. The number of nitrogens with one attached hydrogen (secondary N) is 1. The Bertz CT molecular complexity index is 576. The smallest absolute Gasteiger partial charge is 0.0481 e. The van der Waals surface area contributed by atoms with E-state index in [2.05, 4.69) is 54.3 Å². The summed E-state index contributed by atoms with van der Waals surface area (Å²) in [6.45, 7) is 4.58. The molecule has 1 N–H and O–H groups in total. The lowest BCUT2D eigenvalue weighted by Gasteiger charge is -2.33. The molecule has 1 aliphatic carbocycles. The molecule has 20 heavy (non-hydrogen) atoms. The molecule has 1 heterocycles. The van der Waals surface area contributed by atoms with E-state index >= 15 is 0 Å². The zero-order chi connectivity index (χ0) is 14.0. The van der Waals surface area contributed by atoms with Gasteiger partial charge in [-0.2, -0.15) is 0 Å². The fourth-order valence-electron chi connectivity index (χ4n) is 3.65. The SMILES string of the molecule is Cn1cc(CNCC2(C)CCCCC2)c2ccccc21. The zero-order valence-corrected chi connectivity index (χ0v) is 12.8. The van der Waals surface area contributed by atoms with Crippen molar-refractivity contribution in [2.24, 2.45) is 12.5 Å². The van der Waals surface area contributed by atoms with Gasteiger partial charge in [0.1, 0.15) is 0 Å². The first kappa shape index (κ1) is 13.7. The largest absolute Gasteiger partial charge is 0.350 e. The Balaban J connectivity index is 1.65. The van der Waals surface area contributed by atoms with Crippen LogP contribution in [0.5, 0.6) is 0 Å². The van der Waals surface area contributed by atoms with Crippen molar-refractivity contribution < 1.29 is 0 Å². The molecule has 0 bridgehead atoms. The highest BCUT2D eigenvalue weighted by molar-refractivity contribution is 5.83. The van der Waals surface area contributed by atoms with Crippen molar-refractivity contribution in [3.05, 3.63) is 36.0 Å². The van der Waals surface area contributed by atoms with Crippen molar-refractivity contribution in [3.63, 3.8) is 0 Å². The predicted molar refractivity (Wildman–Crippen MR) is 85.8 cm³/mol. The fourth-order valence-corrected chi connectivity index (χ4v) is 3.65. The van der Waals surface area contributed by atoms with Crippen LogP contribution in [-0.2, 0) is 13.6 Å². The summed E-state index contributed by atoms with van der Waals surface area (Å²) in [5.74, 6) is 0. The Morgan fingerprint density at radius 1 is 1.15 bits per heavy atom. The van der Waals surface area contributed by atoms with Gasteiger partial charge in [-0.15, -0.1) is 0 Å². The lowest BCUT2D eigenvalue weighted by Crippen LogP contribution is -2.33. The third kappa shape index (κ3) is 2.76. The van der Waals surface area contributed by atoms with Crippen LogP contribution >= 0.6 is 0 Å². The monoisotopic (exact) mass is 270 g/mol. The van der Waals surface area contributed by atoms with Crippen LogP contribution in [0.3, 0.4) is 0 Å². The number of rotatable bonds is 4. The van der Waals surface area contributed by atoms with Gasteiger partial charge in [0.2, 0.25) is 0 Å². The molecule has 0 saturated heterocycles. The van der Waals surface area contributed by atoms with E-state index < -0.39 is 0 Å². The first-order valence-electron chi connectivity index (χ1n) is 7.92. The molecule has 0 radical (unpaired) electrons. The third-order valence-corrected chi connectivity index (χ3v) is 4.91. The summed E-state index contributed by atoms with van der Waals surface area (Å²) >= 11 is 0. The molecule has 1 aromatic heterocycles. The number of para-hydroxylation sites is 1. The number of fused-ring (bicyclic) bond motifs is 1. The maximum absolute atomic E-state index is 3.70. The second-order valence-corrected chi connectivity index (χ2v) is 6.76. The fraction of sp³-hybridized carbons (Fsp3) is 0.556. The van der Waals surface area contributed by atoms with Crippen LogP contribution in [0.1, 0.15) is 44.6 Å². The summed E-state index contributed by atoms with van der Waals surface area (Å²) in [5.41, 5.74) is 3.26. The number of hydrogen-bond acceptors (Lipinski definition) is 1. The topological polar surface area (TPSA) is 17.0 Å². The number of hydrogen-bond donors (Lipinski definition) is 1. The Kier molecular flexibility index (Phi) is 3.84. The zero-order valence-electron chi connectivity index (χ0n) is 12.8. The van der Waals surface area contributed by atoms with Gasteiger partial charge in [0.05, 0.1) is 0 Å². The molecule has 1 fully saturated rings. The molecule has 1 aromatic carbocycles. The van der Waals surface area contributed by atoms with E-state index in [4.69, 9.17) is 0 Å². The van der Waals surface area contributed by atoms with Crippen molar-refractivity contribution in [2.75, 3.05) is 6.54 Å². The minimum absolute atomic E-state index is 0.517. The van der Waals surface area contributed by atoms with Crippen LogP contribution in [0.2, 0.25) is 0 Å². The van der Waals surface area contributed by atoms with Crippen LogP contribution in [0.15, 0.2) is 30.5 Å². The summed E-state index contributed by atoms with van der Waals surface area (Å²) < 4.78 is 2.23. The Labute approximate surface area is 122 Å². The van der Waals surface area contributed by atoms with Gasteiger partial charge in [-0.1, -0.05) is 44.4 Å². The predicted octanol–water partition coefficient (Wildman–Crippen LogP) is 4.24. The molecule has 3 rings (SSSR count). The second kappa shape index (κ2) is 5.61. The minimum atomic E-state index is 0.517. The molecule has 2 heteroatoms. The quantitative estimate of drug-likeness (QED) is 0.879. The van der Waals surface area contributed by atoms with Crippen molar-refractivity contribution in [3.8, 4) is 0 Å². The van der Waals surface area contributed by atoms with Crippen LogP contribution in [0.25, 0.3) is 10.9 Å². The average Bonchev–Trinajstić information content (AvgIpc) is 2.77. The Morgan fingerprint density at radius 3 is 2.70 bits per heavy atom. The van der Waals surface area contributed by atoms with Crippen molar-refractivity contribution in [2.45, 2.75) is 45.6 Å². The van der Waals surface area contributed by atoms with Crippen LogP contribution in [0, 0.1) is 5.41 Å². The van der Waals surface area contributed by atoms with E-state index in [1.54, 1.807) is 0 Å². The standard InChI is InChI=1S/C18H26N2/c1-18(10-6-3-7-11-18)14-19-12-15-13-20(2)17-9-5-4-8-16(15)17/h4-5,8-9,13,19H,3,6-7,10-12,14H2,1-2H3. The molecule has 1 saturated carbocycles. The van der Waals surface area contributed by atoms with Gasteiger partial charge in [0.15, 0.2) is 0 Å². The van der Waals surface area contributed by atoms with Crippen molar-refractivity contribution in [1.82, 2.24) is 9.88 Å². The van der Waals surface area contributed by atoms with E-state index in [9.17, 15) is 0 Å². The molecule has 0 amide bonds. The number of nitrogens with zero attached hydrogens (tertiary/aromatic N) is 1. The van der Waals surface area contributed by atoms with E-state index in [0.29, 0.717) is 5.41 Å². The molecular formula is C18H26N2. The maximum Gasteiger partial charge on any atom is 0.0481 e. The molecule has 0 atom stereocenters. The Hall–Kier alpha value is -1.28. The van der Waals surface area contributed by atoms with Gasteiger partial charge >= 0.3 is 0 Å². The number of aryl methyl sites for hydroxylation is 1. The summed E-state index contributed by atoms with van der Waals surface area (Å²) in [6.07, 6.45) is 9.28. The molecule has 1 aliphatic rings. The van der Waals surface area contributed by atoms with E-state index in [1.165, 1.54) is 48.6 Å². The normalized spacial score (nSPS) is 18.5. The van der Waals surface area contributed by atoms with E-state index in [-0.39, 0.29) is 0 Å². The first-order chi connectivity index (χ1) is 9.68. The lowest BCUT2D eigenvalue weighted by atomic mass is 9.76. The van der Waals surface area contributed by atoms with Gasteiger partial charge in [-0.25, -0.2) is 0 Å². The molecule has 2 nitrogen and oxygen atoms in total. The minimum Gasteiger partial charge on any atom is -0.350 e. The van der Waals surface area contributed by atoms with Gasteiger partial charge in [0, 0.05) is 37.2 Å². The van der Waals surface area contributed by atoms with Gasteiger partial charge < -0.3 is 9.88 Å². The van der Waals surface area contributed by atoms with Gasteiger partial charge in [-0.3, -0.25) is 0 Å². The molecule has 2 aromatic rings. The van der Waals surface area contributed by atoms with Crippen LogP contribution in [-0.4, -0.2) is 11.1 Å². The molecule has 0 aliphatic heterocycles. The summed E-state index contributed by atoms with van der Waals surface area (Å²) in [4.78, 5) is 0. The first-order valence-corrected chi connectivity index (χ1v) is 7.92. The van der Waals surface area contributed by atoms with Crippen molar-refractivity contribution in [1.29, 1.82) is 0 Å².